The van der Waals surface area contributed by atoms with Gasteiger partial charge in [-0.25, -0.2) is 9.18 Å². The molecule has 0 saturated carbocycles. The van der Waals surface area contributed by atoms with Crippen LogP contribution in [-0.4, -0.2) is 23.0 Å². The third-order valence-corrected chi connectivity index (χ3v) is 4.98. The molecule has 0 fully saturated rings. The van der Waals surface area contributed by atoms with Crippen molar-refractivity contribution in [3.05, 3.63) is 70.5 Å². The summed E-state index contributed by atoms with van der Waals surface area (Å²) in [6, 6.07) is 12.1. The number of hydrogen-bond acceptors (Lipinski definition) is 2. The van der Waals surface area contributed by atoms with Gasteiger partial charge in [0.05, 0.1) is 0 Å². The van der Waals surface area contributed by atoms with E-state index in [-0.39, 0.29) is 30.0 Å². The van der Waals surface area contributed by atoms with Gasteiger partial charge < -0.3 is 10.4 Å². The number of carbonyl (C=O) groups excluding carboxylic acids is 1. The number of aliphatic carboxylic acids is 1. The number of benzene rings is 2. The predicted octanol–water partition coefficient (Wildman–Crippen LogP) is 4.62. The number of halogens is 2. The highest BCUT2D eigenvalue weighted by Crippen LogP contribution is 2.29. The summed E-state index contributed by atoms with van der Waals surface area (Å²) in [6.07, 6.45) is 0.684. The molecule has 0 bridgehead atoms. The molecule has 144 valence electrons. The lowest BCUT2D eigenvalue weighted by Gasteiger charge is -2.23. The fourth-order valence-corrected chi connectivity index (χ4v) is 3.05. The molecule has 2 rings (SSSR count). The van der Waals surface area contributed by atoms with E-state index in [1.807, 2.05) is 19.1 Å². The largest absolute Gasteiger partial charge is 0.480 e. The monoisotopic (exact) mass is 391 g/mol. The molecule has 0 spiro atoms. The Hall–Kier alpha value is -2.40. The van der Waals surface area contributed by atoms with Crippen LogP contribution in [0.25, 0.3) is 0 Å². The van der Waals surface area contributed by atoms with Crippen LogP contribution in [0.1, 0.15) is 43.7 Å². The van der Waals surface area contributed by atoms with Gasteiger partial charge in [-0.15, -0.1) is 0 Å². The van der Waals surface area contributed by atoms with Crippen molar-refractivity contribution >= 4 is 23.5 Å². The Morgan fingerprint density at radius 2 is 1.59 bits per heavy atom. The van der Waals surface area contributed by atoms with Crippen molar-refractivity contribution < 1.29 is 19.1 Å². The van der Waals surface area contributed by atoms with Crippen molar-refractivity contribution in [2.45, 2.75) is 38.6 Å². The first kappa shape index (κ1) is 20.9. The number of nitrogens with one attached hydrogen (secondary N) is 1. The first-order valence-corrected chi connectivity index (χ1v) is 9.22. The van der Waals surface area contributed by atoms with Crippen LogP contribution in [0.2, 0.25) is 5.02 Å². The Bertz CT molecular complexity index is 732. The Labute approximate surface area is 163 Å². The molecule has 4 nitrogen and oxygen atoms in total. The van der Waals surface area contributed by atoms with Gasteiger partial charge in [0.15, 0.2) is 0 Å². The predicted molar refractivity (Wildman–Crippen MR) is 103 cm³/mol. The maximum atomic E-state index is 13.3. The van der Waals surface area contributed by atoms with E-state index in [0.29, 0.717) is 11.4 Å². The van der Waals surface area contributed by atoms with Crippen molar-refractivity contribution in [2.75, 3.05) is 0 Å². The fourth-order valence-electron chi connectivity index (χ4n) is 2.92. The zero-order valence-corrected chi connectivity index (χ0v) is 16.0. The molecule has 0 aromatic heterocycles. The van der Waals surface area contributed by atoms with Gasteiger partial charge in [0.1, 0.15) is 11.9 Å². The van der Waals surface area contributed by atoms with Gasteiger partial charge in [-0.2, -0.15) is 0 Å². The summed E-state index contributed by atoms with van der Waals surface area (Å²) >= 11 is 5.95. The second-order valence-corrected chi connectivity index (χ2v) is 7.07. The summed E-state index contributed by atoms with van der Waals surface area (Å²) in [5, 5.41) is 12.6. The highest BCUT2D eigenvalue weighted by molar-refractivity contribution is 6.30. The van der Waals surface area contributed by atoms with Crippen LogP contribution in [0.5, 0.6) is 0 Å². The lowest BCUT2D eigenvalue weighted by atomic mass is 9.88. The molecule has 2 aromatic carbocycles. The zero-order chi connectivity index (χ0) is 20.0. The highest BCUT2D eigenvalue weighted by atomic mass is 35.5. The molecule has 0 heterocycles. The summed E-state index contributed by atoms with van der Waals surface area (Å²) in [5.41, 5.74) is 1.61. The molecular formula is C21H23ClFNO3. The van der Waals surface area contributed by atoms with Crippen LogP contribution >= 0.6 is 11.6 Å². The van der Waals surface area contributed by atoms with Gasteiger partial charge in [0.2, 0.25) is 5.91 Å². The second-order valence-electron chi connectivity index (χ2n) is 6.63. The normalized spacial score (nSPS) is 14.2. The van der Waals surface area contributed by atoms with Gasteiger partial charge in [-0.05, 0) is 41.3 Å². The van der Waals surface area contributed by atoms with E-state index in [2.05, 4.69) is 5.32 Å². The van der Waals surface area contributed by atoms with E-state index < -0.39 is 12.0 Å². The first-order valence-electron chi connectivity index (χ1n) is 8.85. The lowest BCUT2D eigenvalue weighted by Crippen LogP contribution is -2.45. The quantitative estimate of drug-likeness (QED) is 0.690. The molecule has 0 aliphatic heterocycles. The SMILES string of the molecule is CC[C@H](C)[C@@H](NC(=O)C[C@H](c1ccc(F)cc1)c1ccc(Cl)cc1)C(=O)O. The highest BCUT2D eigenvalue weighted by Gasteiger charge is 2.27. The minimum absolute atomic E-state index is 0.0491. The van der Waals surface area contributed by atoms with E-state index in [0.717, 1.165) is 11.1 Å². The summed E-state index contributed by atoms with van der Waals surface area (Å²) in [7, 11) is 0. The molecule has 27 heavy (non-hydrogen) atoms. The number of hydrogen-bond donors (Lipinski definition) is 2. The Morgan fingerprint density at radius 3 is 2.07 bits per heavy atom. The molecule has 0 saturated heterocycles. The minimum atomic E-state index is -1.05. The first-order chi connectivity index (χ1) is 12.8. The average molecular weight is 392 g/mol. The van der Waals surface area contributed by atoms with E-state index in [9.17, 15) is 19.1 Å². The third-order valence-electron chi connectivity index (χ3n) is 4.73. The maximum Gasteiger partial charge on any atom is 0.326 e. The third kappa shape index (κ3) is 5.79. The maximum absolute atomic E-state index is 13.3. The van der Waals surface area contributed by atoms with Crippen LogP contribution in [-0.2, 0) is 9.59 Å². The number of carbonyl (C=O) groups is 2. The van der Waals surface area contributed by atoms with Crippen LogP contribution < -0.4 is 5.32 Å². The summed E-state index contributed by atoms with van der Waals surface area (Å²) in [4.78, 5) is 24.1. The van der Waals surface area contributed by atoms with E-state index in [1.165, 1.54) is 12.1 Å². The average Bonchev–Trinajstić information content (AvgIpc) is 2.65. The molecule has 0 aliphatic carbocycles. The molecule has 2 aromatic rings. The number of carboxylic acids is 1. The Kier molecular flexibility index (Phi) is 7.36. The number of amides is 1. The number of rotatable bonds is 8. The molecular weight excluding hydrogens is 369 g/mol. The smallest absolute Gasteiger partial charge is 0.326 e. The van der Waals surface area contributed by atoms with Crippen LogP contribution in [0.15, 0.2) is 48.5 Å². The molecule has 1 amide bonds. The van der Waals surface area contributed by atoms with Crippen molar-refractivity contribution in [2.24, 2.45) is 5.92 Å². The number of carboxylic acid groups (broad SMARTS) is 1. The zero-order valence-electron chi connectivity index (χ0n) is 15.3. The van der Waals surface area contributed by atoms with Gasteiger partial charge in [0, 0.05) is 17.4 Å². The van der Waals surface area contributed by atoms with Crippen LogP contribution in [0.3, 0.4) is 0 Å². The van der Waals surface area contributed by atoms with Crippen molar-refractivity contribution in [1.82, 2.24) is 5.32 Å². The van der Waals surface area contributed by atoms with Crippen LogP contribution in [0.4, 0.5) is 4.39 Å². The van der Waals surface area contributed by atoms with Crippen LogP contribution in [0, 0.1) is 11.7 Å². The van der Waals surface area contributed by atoms with Gasteiger partial charge in [-0.1, -0.05) is 56.1 Å². The molecule has 2 N–H and O–H groups in total. The second kappa shape index (κ2) is 9.51. The molecule has 0 unspecified atom stereocenters. The summed E-state index contributed by atoms with van der Waals surface area (Å²) in [5.74, 6) is -2.31. The van der Waals surface area contributed by atoms with Crippen molar-refractivity contribution in [3.8, 4) is 0 Å². The van der Waals surface area contributed by atoms with E-state index in [1.54, 1.807) is 31.2 Å². The van der Waals surface area contributed by atoms with Gasteiger partial charge in [-0.3, -0.25) is 4.79 Å². The molecule has 0 aliphatic rings. The Morgan fingerprint density at radius 1 is 1.07 bits per heavy atom. The molecule has 3 atom stereocenters. The standard InChI is InChI=1S/C21H23ClFNO3/c1-3-13(2)20(21(26)27)24-19(25)12-18(14-4-8-16(22)9-5-14)15-6-10-17(23)11-7-15/h4-11,13,18,20H,3,12H2,1-2H3,(H,24,25)(H,26,27)/t13-,18-,20+/m0/s1. The molecule has 6 heteroatoms. The van der Waals surface area contributed by atoms with E-state index >= 15 is 0 Å². The van der Waals surface area contributed by atoms with Gasteiger partial charge >= 0.3 is 5.97 Å². The molecule has 0 radical (unpaired) electrons. The Balaban J connectivity index is 2.25. The topological polar surface area (TPSA) is 66.4 Å². The fraction of sp³-hybridized carbons (Fsp3) is 0.333. The van der Waals surface area contributed by atoms with Crippen molar-refractivity contribution in [3.63, 3.8) is 0 Å². The van der Waals surface area contributed by atoms with Crippen molar-refractivity contribution in [1.29, 1.82) is 0 Å². The lowest BCUT2D eigenvalue weighted by molar-refractivity contribution is -0.143. The summed E-state index contributed by atoms with van der Waals surface area (Å²) in [6.45, 7) is 3.66. The van der Waals surface area contributed by atoms with Gasteiger partial charge in [0.25, 0.3) is 0 Å². The van der Waals surface area contributed by atoms with E-state index in [4.69, 9.17) is 11.6 Å². The summed E-state index contributed by atoms with van der Waals surface area (Å²) < 4.78 is 13.3. The minimum Gasteiger partial charge on any atom is -0.480 e.